The fraction of sp³-hybridized carbons (Fsp3) is 0.548. The van der Waals surface area contributed by atoms with Crippen molar-refractivity contribution < 1.29 is 22.7 Å². The quantitative estimate of drug-likeness (QED) is 0.316. The summed E-state index contributed by atoms with van der Waals surface area (Å²) in [6.45, 7) is 5.80. The molecule has 2 aliphatic rings. The molecule has 0 spiro atoms. The van der Waals surface area contributed by atoms with Gasteiger partial charge in [-0.05, 0) is 79.7 Å². The molecule has 0 saturated heterocycles. The Morgan fingerprint density at radius 1 is 0.974 bits per heavy atom. The third-order valence-electron chi connectivity index (χ3n) is 8.84. The second-order valence-electron chi connectivity index (χ2n) is 11.6. The molecule has 0 heterocycles. The number of ketones is 1. The number of nitrogens with one attached hydrogen (secondary N) is 2. The van der Waals surface area contributed by atoms with E-state index in [1.54, 1.807) is 0 Å². The molecule has 1 amide bonds. The van der Waals surface area contributed by atoms with E-state index in [1.165, 1.54) is 11.1 Å². The first kappa shape index (κ1) is 29.3. The number of sulfonamides is 1. The lowest BCUT2D eigenvalue weighted by Crippen LogP contribution is -2.46. The van der Waals surface area contributed by atoms with Gasteiger partial charge in [0.1, 0.15) is 11.5 Å². The molecule has 2 unspecified atom stereocenters. The Morgan fingerprint density at radius 2 is 1.67 bits per heavy atom. The molecule has 4 rings (SSSR count). The average molecular weight is 555 g/mol. The highest BCUT2D eigenvalue weighted by Crippen LogP contribution is 2.64. The lowest BCUT2D eigenvalue weighted by atomic mass is 9.70. The van der Waals surface area contributed by atoms with E-state index in [2.05, 4.69) is 46.4 Å². The van der Waals surface area contributed by atoms with E-state index in [-0.39, 0.29) is 29.3 Å². The third-order valence-corrected chi connectivity index (χ3v) is 10.2. The van der Waals surface area contributed by atoms with Gasteiger partial charge in [-0.1, -0.05) is 56.3 Å². The molecule has 8 heteroatoms. The van der Waals surface area contributed by atoms with Crippen molar-refractivity contribution in [3.8, 4) is 5.75 Å². The van der Waals surface area contributed by atoms with Crippen molar-refractivity contribution in [1.82, 2.24) is 10.0 Å². The lowest BCUT2D eigenvalue weighted by Gasteiger charge is -2.36. The van der Waals surface area contributed by atoms with Crippen LogP contribution in [-0.2, 0) is 32.5 Å². The van der Waals surface area contributed by atoms with E-state index >= 15 is 0 Å². The summed E-state index contributed by atoms with van der Waals surface area (Å²) < 4.78 is 33.5. The predicted octanol–water partition coefficient (Wildman–Crippen LogP) is 4.45. The smallest absolute Gasteiger partial charge is 0.235 e. The van der Waals surface area contributed by atoms with Gasteiger partial charge in [-0.2, -0.15) is 0 Å². The van der Waals surface area contributed by atoms with Gasteiger partial charge in [-0.15, -0.1) is 0 Å². The van der Waals surface area contributed by atoms with E-state index in [1.807, 2.05) is 32.0 Å². The number of benzene rings is 2. The van der Waals surface area contributed by atoms with Gasteiger partial charge in [-0.25, -0.2) is 8.42 Å². The molecule has 0 aliphatic heterocycles. The lowest BCUT2D eigenvalue weighted by molar-refractivity contribution is -0.128. The summed E-state index contributed by atoms with van der Waals surface area (Å²) in [5, 5.41) is 3.22. The summed E-state index contributed by atoms with van der Waals surface area (Å²) in [7, 11) is -3.88. The fourth-order valence-corrected chi connectivity index (χ4v) is 8.15. The second kappa shape index (κ2) is 12.6. The summed E-state index contributed by atoms with van der Waals surface area (Å²) in [5.41, 5.74) is 1.33. The number of fused-ring (bicyclic) bond motifs is 2. The number of hydrogen-bond acceptors (Lipinski definition) is 6. The molecule has 2 bridgehead atoms. The van der Waals surface area contributed by atoms with Crippen LogP contribution in [0.3, 0.4) is 0 Å². The number of hydrogen-bond donors (Lipinski definition) is 2. The molecule has 7 nitrogen and oxygen atoms in total. The highest BCUT2D eigenvalue weighted by atomic mass is 32.2. The van der Waals surface area contributed by atoms with Crippen LogP contribution in [0.2, 0.25) is 0 Å². The van der Waals surface area contributed by atoms with Crippen molar-refractivity contribution >= 4 is 21.7 Å². The van der Waals surface area contributed by atoms with Crippen LogP contribution < -0.4 is 14.8 Å². The van der Waals surface area contributed by atoms with Gasteiger partial charge in [-0.3, -0.25) is 14.3 Å². The van der Waals surface area contributed by atoms with E-state index in [0.29, 0.717) is 26.0 Å². The maximum atomic E-state index is 12.7. The summed E-state index contributed by atoms with van der Waals surface area (Å²) in [4.78, 5) is 24.9. The van der Waals surface area contributed by atoms with E-state index in [0.717, 1.165) is 44.4 Å². The largest absolute Gasteiger partial charge is 0.494 e. The van der Waals surface area contributed by atoms with Crippen LogP contribution in [0.5, 0.6) is 5.75 Å². The number of aryl methyl sites for hydroxylation is 2. The Labute approximate surface area is 233 Å². The van der Waals surface area contributed by atoms with Crippen LogP contribution in [0.15, 0.2) is 54.6 Å². The first-order valence-electron chi connectivity index (χ1n) is 14.1. The number of carbonyl (C=O) groups excluding carboxylic acids is 2. The monoisotopic (exact) mass is 554 g/mol. The molecular formula is C31H42N2O5S. The second-order valence-corrected chi connectivity index (χ2v) is 13.4. The van der Waals surface area contributed by atoms with Crippen molar-refractivity contribution in [3.05, 3.63) is 65.7 Å². The molecule has 2 aromatic rings. The van der Waals surface area contributed by atoms with Crippen molar-refractivity contribution in [2.75, 3.05) is 25.4 Å². The molecule has 2 saturated carbocycles. The van der Waals surface area contributed by atoms with Crippen LogP contribution in [0.1, 0.15) is 63.5 Å². The zero-order valence-electron chi connectivity index (χ0n) is 23.2. The van der Waals surface area contributed by atoms with Crippen LogP contribution >= 0.6 is 0 Å². The van der Waals surface area contributed by atoms with Gasteiger partial charge in [0, 0.05) is 19.4 Å². The number of amides is 1. The van der Waals surface area contributed by atoms with Crippen LogP contribution in [0.25, 0.3) is 0 Å². The topological polar surface area (TPSA) is 102 Å². The number of Topliss-reactive ketones (excluding diaryl/α,β-unsaturated/α-hetero) is 1. The number of carbonyl (C=O) groups is 2. The number of ether oxygens (including phenoxy) is 1. The highest BCUT2D eigenvalue weighted by Gasteiger charge is 2.65. The highest BCUT2D eigenvalue weighted by molar-refractivity contribution is 7.90. The van der Waals surface area contributed by atoms with E-state index in [4.69, 9.17) is 4.74 Å². The minimum Gasteiger partial charge on any atom is -0.494 e. The molecule has 2 fully saturated rings. The van der Waals surface area contributed by atoms with Gasteiger partial charge in [0.25, 0.3) is 0 Å². The number of rotatable bonds is 15. The van der Waals surface area contributed by atoms with Gasteiger partial charge in [0.2, 0.25) is 15.9 Å². The van der Waals surface area contributed by atoms with Gasteiger partial charge < -0.3 is 10.1 Å². The van der Waals surface area contributed by atoms with E-state index < -0.39 is 21.3 Å². The van der Waals surface area contributed by atoms with Crippen molar-refractivity contribution in [2.45, 2.75) is 65.2 Å². The average Bonchev–Trinajstić information content (AvgIpc) is 3.24. The Hall–Kier alpha value is -2.71. The van der Waals surface area contributed by atoms with Gasteiger partial charge >= 0.3 is 0 Å². The summed E-state index contributed by atoms with van der Waals surface area (Å²) in [6, 6.07) is 18.6. The molecule has 39 heavy (non-hydrogen) atoms. The molecule has 212 valence electrons. The minimum absolute atomic E-state index is 0.0317. The molecule has 0 aromatic heterocycles. The maximum absolute atomic E-state index is 12.7. The fourth-order valence-electron chi connectivity index (χ4n) is 6.30. The molecule has 2 aliphatic carbocycles. The molecule has 2 N–H and O–H groups in total. The molecule has 2 atom stereocenters. The SMILES string of the molecule is CC1(C)C2CCC1(CS(=O)(=O)NC(=O)CCNCCCc1ccc(OCCCc3ccccc3)cc1)C(=O)C2. The predicted molar refractivity (Wildman–Crippen MR) is 153 cm³/mol. The Morgan fingerprint density at radius 3 is 2.33 bits per heavy atom. The Bertz CT molecular complexity index is 1230. The zero-order valence-corrected chi connectivity index (χ0v) is 24.0. The standard InChI is InChI=1S/C31H42N2O5S/c1-30(2)26-16-18-31(30,28(34)22-26)23-39(36,37)33-29(35)17-20-32-19-6-10-25-12-14-27(15-13-25)38-21-7-11-24-8-4-3-5-9-24/h3-5,8-9,12-15,26,32H,6-7,10-11,16-23H2,1-2H3,(H,33,35). The first-order valence-corrected chi connectivity index (χ1v) is 15.8. The van der Waals surface area contributed by atoms with E-state index in [9.17, 15) is 18.0 Å². The molecule has 0 radical (unpaired) electrons. The minimum atomic E-state index is -3.88. The first-order chi connectivity index (χ1) is 18.6. The van der Waals surface area contributed by atoms with Crippen LogP contribution in [-0.4, -0.2) is 45.6 Å². The van der Waals surface area contributed by atoms with Crippen molar-refractivity contribution in [1.29, 1.82) is 0 Å². The maximum Gasteiger partial charge on any atom is 0.235 e. The summed E-state index contributed by atoms with van der Waals surface area (Å²) >= 11 is 0. The zero-order chi connectivity index (χ0) is 27.9. The summed E-state index contributed by atoms with van der Waals surface area (Å²) in [5.74, 6) is 0.319. The van der Waals surface area contributed by atoms with Gasteiger partial charge in [0.15, 0.2) is 0 Å². The molecular weight excluding hydrogens is 512 g/mol. The van der Waals surface area contributed by atoms with Crippen molar-refractivity contribution in [2.24, 2.45) is 16.7 Å². The van der Waals surface area contributed by atoms with Gasteiger partial charge in [0.05, 0.1) is 17.8 Å². The summed E-state index contributed by atoms with van der Waals surface area (Å²) in [6.07, 6.45) is 5.76. The van der Waals surface area contributed by atoms with Crippen molar-refractivity contribution in [3.63, 3.8) is 0 Å². The third kappa shape index (κ3) is 7.28. The Kier molecular flexibility index (Phi) is 9.49. The van der Waals surface area contributed by atoms with Crippen LogP contribution in [0, 0.1) is 16.7 Å². The normalized spacial score (nSPS) is 21.7. The molecule has 2 aromatic carbocycles. The van der Waals surface area contributed by atoms with Crippen LogP contribution in [0.4, 0.5) is 0 Å². The Balaban J connectivity index is 1.08.